The fourth-order valence-electron chi connectivity index (χ4n) is 1.65. The van der Waals surface area contributed by atoms with Gasteiger partial charge in [0.25, 0.3) is 0 Å². The van der Waals surface area contributed by atoms with E-state index in [0.717, 1.165) is 4.90 Å². The Bertz CT molecular complexity index is 643. The second-order valence-corrected chi connectivity index (χ2v) is 4.13. The quantitative estimate of drug-likeness (QED) is 0.748. The summed E-state index contributed by atoms with van der Waals surface area (Å²) in [4.78, 5) is 12.0. The van der Waals surface area contributed by atoms with Crippen LogP contribution in [0, 0.1) is 0 Å². The van der Waals surface area contributed by atoms with E-state index in [-0.39, 0.29) is 11.5 Å². The minimum Gasteiger partial charge on any atom is -0.504 e. The first-order valence-corrected chi connectivity index (χ1v) is 5.81. The highest BCUT2D eigenvalue weighted by Crippen LogP contribution is 2.33. The van der Waals surface area contributed by atoms with Gasteiger partial charge in [0, 0.05) is 13.1 Å². The molecule has 0 bridgehead atoms. The lowest BCUT2D eigenvalue weighted by Gasteiger charge is -2.17. The minimum atomic E-state index is -1.13. The average molecular weight is 274 g/mol. The van der Waals surface area contributed by atoms with Crippen LogP contribution in [0.5, 0.6) is 17.2 Å². The van der Waals surface area contributed by atoms with Gasteiger partial charge in [0.15, 0.2) is 11.5 Å². The van der Waals surface area contributed by atoms with E-state index < -0.39 is 6.09 Å². The second kappa shape index (κ2) is 5.40. The molecule has 104 valence electrons. The molecule has 1 amide bonds. The lowest BCUT2D eigenvalue weighted by Crippen LogP contribution is -2.24. The summed E-state index contributed by atoms with van der Waals surface area (Å²) in [5.41, 5.74) is 6.37. The molecule has 2 aromatic rings. The molecule has 0 unspecified atom stereocenters. The van der Waals surface area contributed by atoms with Gasteiger partial charge in [-0.05, 0) is 24.3 Å². The van der Waals surface area contributed by atoms with E-state index in [4.69, 9.17) is 15.6 Å². The normalized spacial score (nSPS) is 10.1. The number of nitrogen functional groups attached to an aromatic ring is 1. The van der Waals surface area contributed by atoms with Crippen LogP contribution in [-0.2, 0) is 0 Å². The molecular weight excluding hydrogens is 260 g/mol. The van der Waals surface area contributed by atoms with Crippen molar-refractivity contribution in [3.8, 4) is 17.2 Å². The topological polar surface area (TPSA) is 96.0 Å². The molecular formula is C14H14N2O4. The molecule has 0 atom stereocenters. The Kier molecular flexibility index (Phi) is 3.65. The van der Waals surface area contributed by atoms with E-state index in [0.29, 0.717) is 17.1 Å². The van der Waals surface area contributed by atoms with E-state index in [9.17, 15) is 9.90 Å². The second-order valence-electron chi connectivity index (χ2n) is 4.13. The summed E-state index contributed by atoms with van der Waals surface area (Å²) in [5.74, 6) is 0.655. The third-order valence-electron chi connectivity index (χ3n) is 2.74. The Morgan fingerprint density at radius 2 is 1.95 bits per heavy atom. The monoisotopic (exact) mass is 274 g/mol. The van der Waals surface area contributed by atoms with Crippen molar-refractivity contribution >= 4 is 17.5 Å². The lowest BCUT2D eigenvalue weighted by molar-refractivity contribution is 0.203. The maximum absolute atomic E-state index is 11.0. The average Bonchev–Trinajstić information content (AvgIpc) is 2.42. The summed E-state index contributed by atoms with van der Waals surface area (Å²) in [6.45, 7) is 0. The van der Waals surface area contributed by atoms with Crippen LogP contribution in [0.4, 0.5) is 16.2 Å². The Hall–Kier alpha value is -2.89. The van der Waals surface area contributed by atoms with Crippen molar-refractivity contribution in [1.29, 1.82) is 0 Å². The van der Waals surface area contributed by atoms with Crippen molar-refractivity contribution in [2.75, 3.05) is 17.7 Å². The van der Waals surface area contributed by atoms with Crippen LogP contribution in [0.2, 0.25) is 0 Å². The molecule has 2 rings (SSSR count). The summed E-state index contributed by atoms with van der Waals surface area (Å²) in [7, 11) is 1.39. The van der Waals surface area contributed by atoms with Crippen LogP contribution in [0.3, 0.4) is 0 Å². The molecule has 20 heavy (non-hydrogen) atoms. The highest BCUT2D eigenvalue weighted by atomic mass is 16.5. The van der Waals surface area contributed by atoms with Crippen LogP contribution < -0.4 is 15.4 Å². The third kappa shape index (κ3) is 2.74. The number of amides is 1. The molecule has 0 saturated carbocycles. The first-order chi connectivity index (χ1) is 9.49. The van der Waals surface area contributed by atoms with Gasteiger partial charge in [-0.25, -0.2) is 4.79 Å². The number of anilines is 2. The van der Waals surface area contributed by atoms with Crippen LogP contribution in [0.15, 0.2) is 42.5 Å². The van der Waals surface area contributed by atoms with E-state index in [2.05, 4.69) is 0 Å². The molecule has 6 nitrogen and oxygen atoms in total. The Balaban J connectivity index is 2.33. The molecule has 6 heteroatoms. The number of ether oxygens (including phenoxy) is 1. The fourth-order valence-corrected chi connectivity index (χ4v) is 1.65. The maximum Gasteiger partial charge on any atom is 0.411 e. The smallest absolute Gasteiger partial charge is 0.411 e. The zero-order valence-electron chi connectivity index (χ0n) is 10.8. The van der Waals surface area contributed by atoms with Gasteiger partial charge in [-0.3, -0.25) is 4.90 Å². The van der Waals surface area contributed by atoms with Crippen molar-refractivity contribution in [2.45, 2.75) is 0 Å². The number of hydrogen-bond acceptors (Lipinski definition) is 4. The SMILES string of the molecule is CN(C(=O)O)c1cc(Oc2ccccc2O)ccc1N. The largest absolute Gasteiger partial charge is 0.504 e. The summed E-state index contributed by atoms with van der Waals surface area (Å²) in [6.07, 6.45) is -1.13. The Morgan fingerprint density at radius 3 is 2.60 bits per heavy atom. The molecule has 0 spiro atoms. The highest BCUT2D eigenvalue weighted by Gasteiger charge is 2.13. The zero-order chi connectivity index (χ0) is 14.7. The lowest BCUT2D eigenvalue weighted by atomic mass is 10.2. The number of carboxylic acid groups (broad SMARTS) is 1. The minimum absolute atomic E-state index is 0.00235. The molecule has 0 aliphatic carbocycles. The summed E-state index contributed by atoms with van der Waals surface area (Å²) >= 11 is 0. The van der Waals surface area contributed by atoms with Gasteiger partial charge in [0.2, 0.25) is 0 Å². The highest BCUT2D eigenvalue weighted by molar-refractivity contribution is 5.90. The van der Waals surface area contributed by atoms with Gasteiger partial charge in [-0.1, -0.05) is 12.1 Å². The number of rotatable bonds is 3. The van der Waals surface area contributed by atoms with Crippen LogP contribution in [0.1, 0.15) is 0 Å². The number of nitrogens with two attached hydrogens (primary N) is 1. The predicted octanol–water partition coefficient (Wildman–Crippen LogP) is 2.88. The van der Waals surface area contributed by atoms with Crippen LogP contribution in [-0.4, -0.2) is 23.4 Å². The van der Waals surface area contributed by atoms with E-state index in [1.807, 2.05) is 0 Å². The fraction of sp³-hybridized carbons (Fsp3) is 0.0714. The number of hydrogen-bond donors (Lipinski definition) is 3. The Labute approximate surface area is 115 Å². The molecule has 4 N–H and O–H groups in total. The predicted molar refractivity (Wildman–Crippen MR) is 75.5 cm³/mol. The van der Waals surface area contributed by atoms with Crippen molar-refractivity contribution in [1.82, 2.24) is 0 Å². The third-order valence-corrected chi connectivity index (χ3v) is 2.74. The van der Waals surface area contributed by atoms with E-state index >= 15 is 0 Å². The van der Waals surface area contributed by atoms with Gasteiger partial charge in [0.05, 0.1) is 11.4 Å². The number of carbonyl (C=O) groups is 1. The van der Waals surface area contributed by atoms with Gasteiger partial charge in [0.1, 0.15) is 5.75 Å². The molecule has 0 aliphatic heterocycles. The number of aromatic hydroxyl groups is 1. The number of phenols is 1. The number of nitrogens with zero attached hydrogens (tertiary/aromatic N) is 1. The van der Waals surface area contributed by atoms with Gasteiger partial charge < -0.3 is 20.7 Å². The molecule has 0 aromatic heterocycles. The van der Waals surface area contributed by atoms with Crippen molar-refractivity contribution < 1.29 is 19.7 Å². The summed E-state index contributed by atoms with van der Waals surface area (Å²) in [6, 6.07) is 11.1. The summed E-state index contributed by atoms with van der Waals surface area (Å²) < 4.78 is 5.51. The number of benzene rings is 2. The van der Waals surface area contributed by atoms with Gasteiger partial charge in [-0.15, -0.1) is 0 Å². The van der Waals surface area contributed by atoms with Crippen LogP contribution in [0.25, 0.3) is 0 Å². The van der Waals surface area contributed by atoms with Gasteiger partial charge >= 0.3 is 6.09 Å². The standard InChI is InChI=1S/C14H14N2O4/c1-16(14(18)19)11-8-9(6-7-10(11)15)20-13-5-3-2-4-12(13)17/h2-8,17H,15H2,1H3,(H,18,19). The van der Waals surface area contributed by atoms with Crippen LogP contribution >= 0.6 is 0 Å². The molecule has 2 aromatic carbocycles. The number of phenolic OH excluding ortho intramolecular Hbond substituents is 1. The first-order valence-electron chi connectivity index (χ1n) is 5.81. The first kappa shape index (κ1) is 13.5. The zero-order valence-corrected chi connectivity index (χ0v) is 10.8. The molecule has 0 heterocycles. The molecule has 0 saturated heterocycles. The molecule has 0 radical (unpaired) electrons. The number of para-hydroxylation sites is 2. The summed E-state index contributed by atoms with van der Waals surface area (Å²) in [5, 5.41) is 18.6. The van der Waals surface area contributed by atoms with Crippen molar-refractivity contribution in [3.63, 3.8) is 0 Å². The maximum atomic E-state index is 11.0. The molecule has 0 fully saturated rings. The van der Waals surface area contributed by atoms with Crippen molar-refractivity contribution in [3.05, 3.63) is 42.5 Å². The Morgan fingerprint density at radius 1 is 1.25 bits per heavy atom. The van der Waals surface area contributed by atoms with Crippen molar-refractivity contribution in [2.24, 2.45) is 0 Å². The van der Waals surface area contributed by atoms with E-state index in [1.54, 1.807) is 30.3 Å². The van der Waals surface area contributed by atoms with E-state index in [1.165, 1.54) is 19.2 Å². The van der Waals surface area contributed by atoms with Gasteiger partial charge in [-0.2, -0.15) is 0 Å². The molecule has 0 aliphatic rings.